The summed E-state index contributed by atoms with van der Waals surface area (Å²) < 4.78 is 0. The fraction of sp³-hybridized carbons (Fsp3) is 0.368. The molecule has 2 amide bonds. The number of carbonyl (C=O) groups excluding carboxylic acids is 2. The predicted molar refractivity (Wildman–Crippen MR) is 94.0 cm³/mol. The van der Waals surface area contributed by atoms with Gasteiger partial charge in [-0.3, -0.25) is 9.59 Å². The van der Waals surface area contributed by atoms with Gasteiger partial charge in [-0.25, -0.2) is 0 Å². The van der Waals surface area contributed by atoms with Crippen LogP contribution >= 0.6 is 11.3 Å². The van der Waals surface area contributed by atoms with Crippen LogP contribution < -0.4 is 5.32 Å². The summed E-state index contributed by atoms with van der Waals surface area (Å²) in [4.78, 5) is 27.9. The molecule has 2 heterocycles. The molecule has 0 unspecified atom stereocenters. The molecule has 1 saturated heterocycles. The van der Waals surface area contributed by atoms with Gasteiger partial charge in [-0.2, -0.15) is 0 Å². The number of hydrogen-bond donors (Lipinski definition) is 1. The maximum Gasteiger partial charge on any atom is 0.264 e. The van der Waals surface area contributed by atoms with Crippen molar-refractivity contribution in [2.45, 2.75) is 37.8 Å². The number of thiophene rings is 1. The van der Waals surface area contributed by atoms with Crippen LogP contribution in [0.5, 0.6) is 0 Å². The first-order valence-corrected chi connectivity index (χ1v) is 9.34. The Bertz CT molecular complexity index is 756. The summed E-state index contributed by atoms with van der Waals surface area (Å²) >= 11 is 1.43. The number of likely N-dealkylation sites (tertiary alicyclic amines) is 1. The van der Waals surface area contributed by atoms with E-state index in [1.54, 1.807) is 4.90 Å². The highest BCUT2D eigenvalue weighted by atomic mass is 32.1. The zero-order chi connectivity index (χ0) is 16.5. The van der Waals surface area contributed by atoms with Gasteiger partial charge in [-0.15, -0.1) is 11.3 Å². The highest BCUT2D eigenvalue weighted by Crippen LogP contribution is 2.31. The molecule has 1 aliphatic heterocycles. The summed E-state index contributed by atoms with van der Waals surface area (Å²) in [6.07, 6.45) is 3.58. The number of fused-ring (bicyclic) bond motifs is 1. The molecule has 1 fully saturated rings. The van der Waals surface area contributed by atoms with Gasteiger partial charge in [0.2, 0.25) is 5.91 Å². The average molecular weight is 340 g/mol. The largest absolute Gasteiger partial charge is 0.347 e. The highest BCUT2D eigenvalue weighted by molar-refractivity contribution is 7.12. The third-order valence-corrected chi connectivity index (χ3v) is 5.86. The van der Waals surface area contributed by atoms with Gasteiger partial charge in [0, 0.05) is 6.54 Å². The zero-order valence-corrected chi connectivity index (χ0v) is 14.2. The van der Waals surface area contributed by atoms with Crippen LogP contribution in [0.15, 0.2) is 41.8 Å². The molecule has 1 aromatic carbocycles. The maximum absolute atomic E-state index is 12.8. The van der Waals surface area contributed by atoms with Crippen molar-refractivity contribution in [3.05, 3.63) is 57.8 Å². The molecule has 1 aromatic heterocycles. The van der Waals surface area contributed by atoms with Gasteiger partial charge in [0.1, 0.15) is 6.04 Å². The lowest BCUT2D eigenvalue weighted by molar-refractivity contribution is -0.125. The summed E-state index contributed by atoms with van der Waals surface area (Å²) in [5, 5.41) is 5.07. The van der Waals surface area contributed by atoms with Gasteiger partial charge in [0.15, 0.2) is 0 Å². The Morgan fingerprint density at radius 2 is 2.00 bits per heavy atom. The SMILES string of the molecule is O=C(N[C@H]1CCc2ccccc21)[C@@H]1CCCN1C(=O)c1cccs1. The minimum atomic E-state index is -0.340. The minimum absolute atomic E-state index is 0.0147. The Kier molecular flexibility index (Phi) is 4.10. The fourth-order valence-electron chi connectivity index (χ4n) is 3.80. The molecule has 1 aliphatic carbocycles. The quantitative estimate of drug-likeness (QED) is 0.933. The fourth-order valence-corrected chi connectivity index (χ4v) is 4.48. The highest BCUT2D eigenvalue weighted by Gasteiger charge is 2.36. The molecule has 0 radical (unpaired) electrons. The third kappa shape index (κ3) is 2.73. The molecule has 0 bridgehead atoms. The number of amides is 2. The molecule has 2 atom stereocenters. The third-order valence-electron chi connectivity index (χ3n) is 5.00. The number of aryl methyl sites for hydroxylation is 1. The van der Waals surface area contributed by atoms with Crippen LogP contribution in [0.25, 0.3) is 0 Å². The molecule has 4 rings (SSSR count). The van der Waals surface area contributed by atoms with Crippen LogP contribution in [-0.2, 0) is 11.2 Å². The normalized spacial score (nSPS) is 22.4. The lowest BCUT2D eigenvalue weighted by Gasteiger charge is -2.25. The lowest BCUT2D eigenvalue weighted by Crippen LogP contribution is -2.46. The Labute approximate surface area is 145 Å². The van der Waals surface area contributed by atoms with E-state index in [0.29, 0.717) is 11.4 Å². The first-order chi connectivity index (χ1) is 11.7. The summed E-state index contributed by atoms with van der Waals surface area (Å²) in [6.45, 7) is 0.663. The van der Waals surface area contributed by atoms with Gasteiger partial charge in [-0.05, 0) is 48.3 Å². The first kappa shape index (κ1) is 15.4. The van der Waals surface area contributed by atoms with Crippen LogP contribution in [0.2, 0.25) is 0 Å². The molecule has 5 heteroatoms. The standard InChI is InChI=1S/C19H20N2O2S/c22-18(20-15-10-9-13-5-1-2-6-14(13)15)16-7-3-11-21(16)19(23)17-8-4-12-24-17/h1-2,4-6,8,12,15-16H,3,7,9-11H2,(H,20,22)/t15-,16-/m0/s1. The van der Waals surface area contributed by atoms with E-state index in [1.165, 1.54) is 22.5 Å². The predicted octanol–water partition coefficient (Wildman–Crippen LogP) is 3.16. The van der Waals surface area contributed by atoms with Crippen molar-refractivity contribution < 1.29 is 9.59 Å². The molecule has 0 saturated carbocycles. The van der Waals surface area contributed by atoms with E-state index in [0.717, 1.165) is 25.7 Å². The number of benzene rings is 1. The van der Waals surface area contributed by atoms with Crippen LogP contribution in [0.1, 0.15) is 46.1 Å². The van der Waals surface area contributed by atoms with Crippen molar-refractivity contribution in [2.24, 2.45) is 0 Å². The van der Waals surface area contributed by atoms with E-state index in [2.05, 4.69) is 17.4 Å². The number of nitrogens with zero attached hydrogens (tertiary/aromatic N) is 1. The molecule has 1 N–H and O–H groups in total. The van der Waals surface area contributed by atoms with Gasteiger partial charge >= 0.3 is 0 Å². The van der Waals surface area contributed by atoms with Gasteiger partial charge in [-0.1, -0.05) is 30.3 Å². The second-order valence-electron chi connectivity index (χ2n) is 6.43. The second-order valence-corrected chi connectivity index (χ2v) is 7.38. The lowest BCUT2D eigenvalue weighted by atomic mass is 10.1. The second kappa shape index (κ2) is 6.40. The maximum atomic E-state index is 12.8. The molecule has 4 nitrogen and oxygen atoms in total. The van der Waals surface area contributed by atoms with Gasteiger partial charge in [0.05, 0.1) is 10.9 Å². The molecule has 124 valence electrons. The van der Waals surface area contributed by atoms with Crippen LogP contribution in [0.3, 0.4) is 0 Å². The smallest absolute Gasteiger partial charge is 0.264 e. The molecular formula is C19H20N2O2S. The van der Waals surface area contributed by atoms with Crippen molar-refractivity contribution in [1.82, 2.24) is 10.2 Å². The summed E-state index contributed by atoms with van der Waals surface area (Å²) in [6, 6.07) is 11.7. The van der Waals surface area contributed by atoms with E-state index < -0.39 is 0 Å². The van der Waals surface area contributed by atoms with E-state index in [9.17, 15) is 9.59 Å². The number of hydrogen-bond acceptors (Lipinski definition) is 3. The average Bonchev–Trinajstić information content (AvgIpc) is 3.35. The van der Waals surface area contributed by atoms with Crippen molar-refractivity contribution in [3.63, 3.8) is 0 Å². The van der Waals surface area contributed by atoms with Crippen LogP contribution in [0.4, 0.5) is 0 Å². The Balaban J connectivity index is 1.47. The molecule has 24 heavy (non-hydrogen) atoms. The minimum Gasteiger partial charge on any atom is -0.347 e. The molecule has 2 aliphatic rings. The Morgan fingerprint density at radius 1 is 1.12 bits per heavy atom. The van der Waals surface area contributed by atoms with Crippen molar-refractivity contribution in [2.75, 3.05) is 6.54 Å². The van der Waals surface area contributed by atoms with E-state index in [-0.39, 0.29) is 23.9 Å². The summed E-state index contributed by atoms with van der Waals surface area (Å²) in [5.41, 5.74) is 2.54. The number of rotatable bonds is 3. The van der Waals surface area contributed by atoms with E-state index >= 15 is 0 Å². The molecular weight excluding hydrogens is 320 g/mol. The monoisotopic (exact) mass is 340 g/mol. The van der Waals surface area contributed by atoms with E-state index in [4.69, 9.17) is 0 Å². The zero-order valence-electron chi connectivity index (χ0n) is 13.4. The van der Waals surface area contributed by atoms with Crippen molar-refractivity contribution in [3.8, 4) is 0 Å². The van der Waals surface area contributed by atoms with Gasteiger partial charge in [0.25, 0.3) is 5.91 Å². The topological polar surface area (TPSA) is 49.4 Å². The summed E-state index contributed by atoms with van der Waals surface area (Å²) in [5.74, 6) is -0.0337. The van der Waals surface area contributed by atoms with Gasteiger partial charge < -0.3 is 10.2 Å². The number of carbonyl (C=O) groups is 2. The van der Waals surface area contributed by atoms with Crippen molar-refractivity contribution in [1.29, 1.82) is 0 Å². The first-order valence-electron chi connectivity index (χ1n) is 8.46. The van der Waals surface area contributed by atoms with E-state index in [1.807, 2.05) is 29.6 Å². The molecule has 0 spiro atoms. The van der Waals surface area contributed by atoms with Crippen LogP contribution in [-0.4, -0.2) is 29.3 Å². The Hall–Kier alpha value is -2.14. The van der Waals surface area contributed by atoms with Crippen molar-refractivity contribution >= 4 is 23.2 Å². The van der Waals surface area contributed by atoms with Crippen LogP contribution in [0, 0.1) is 0 Å². The summed E-state index contributed by atoms with van der Waals surface area (Å²) in [7, 11) is 0. The molecule has 2 aromatic rings. The Morgan fingerprint density at radius 3 is 2.83 bits per heavy atom. The number of nitrogens with one attached hydrogen (secondary N) is 1.